The fourth-order valence-corrected chi connectivity index (χ4v) is 7.13. The first-order valence-corrected chi connectivity index (χ1v) is 10.5. The average molecular weight is 393 g/mol. The molecule has 2 aliphatic rings. The molecule has 1 aromatic rings. The zero-order valence-electron chi connectivity index (χ0n) is 12.2. The normalized spacial score (nSPS) is 25.5. The van der Waals surface area contributed by atoms with Crippen LogP contribution in [-0.4, -0.2) is 49.8 Å². The summed E-state index contributed by atoms with van der Waals surface area (Å²) in [7, 11) is -3.33. The Balaban J connectivity index is 1.78. The molecule has 1 unspecified atom stereocenters. The second-order valence-corrected chi connectivity index (χ2v) is 10.5. The summed E-state index contributed by atoms with van der Waals surface area (Å²) in [5.41, 5.74) is 0.992. The molecule has 0 N–H and O–H groups in total. The molecule has 21 heavy (non-hydrogen) atoms. The third kappa shape index (κ3) is 3.22. The number of likely N-dealkylation sites (tertiary alicyclic amines) is 1. The van der Waals surface area contributed by atoms with Gasteiger partial charge >= 0.3 is 0 Å². The van der Waals surface area contributed by atoms with E-state index in [4.69, 9.17) is 0 Å². The Morgan fingerprint density at radius 3 is 2.57 bits per heavy atom. The van der Waals surface area contributed by atoms with Gasteiger partial charge in [0.15, 0.2) is 0 Å². The van der Waals surface area contributed by atoms with Crippen molar-refractivity contribution in [2.75, 3.05) is 26.2 Å². The van der Waals surface area contributed by atoms with E-state index in [0.717, 1.165) is 35.3 Å². The lowest BCUT2D eigenvalue weighted by Crippen LogP contribution is -2.48. The number of hydrogen-bond acceptors (Lipinski definition) is 4. The van der Waals surface area contributed by atoms with Crippen molar-refractivity contribution in [3.63, 3.8) is 0 Å². The molecular weight excluding hydrogens is 372 g/mol. The zero-order valence-corrected chi connectivity index (χ0v) is 15.4. The van der Waals surface area contributed by atoms with E-state index < -0.39 is 10.0 Å². The number of rotatable bonds is 3. The van der Waals surface area contributed by atoms with Gasteiger partial charge in [-0.3, -0.25) is 4.90 Å². The average Bonchev–Trinajstić information content (AvgIpc) is 3.10. The van der Waals surface area contributed by atoms with Crippen molar-refractivity contribution < 1.29 is 8.42 Å². The number of aryl methyl sites for hydroxylation is 1. The first kappa shape index (κ1) is 15.9. The number of halogens is 1. The van der Waals surface area contributed by atoms with Gasteiger partial charge < -0.3 is 0 Å². The van der Waals surface area contributed by atoms with Crippen LogP contribution in [0.1, 0.15) is 31.2 Å². The molecule has 1 atom stereocenters. The number of nitrogens with zero attached hydrogens (tertiary/aromatic N) is 2. The Bertz CT molecular complexity index is 589. The molecule has 4 nitrogen and oxygen atoms in total. The predicted molar refractivity (Wildman–Crippen MR) is 89.3 cm³/mol. The Labute approximate surface area is 139 Å². The van der Waals surface area contributed by atoms with Crippen LogP contribution in [-0.2, 0) is 10.0 Å². The summed E-state index contributed by atoms with van der Waals surface area (Å²) in [4.78, 5) is 2.47. The highest BCUT2D eigenvalue weighted by molar-refractivity contribution is 9.11. The standard InChI is InChI=1S/C14H21BrN2O2S2/c1-11-9-13(20-14(11)15)21(18,19)17-8-4-5-12(10-17)16-6-2-3-7-16/h9,12H,2-8,10H2,1H3. The van der Waals surface area contributed by atoms with Crippen LogP contribution in [0.5, 0.6) is 0 Å². The van der Waals surface area contributed by atoms with Crippen LogP contribution in [0.25, 0.3) is 0 Å². The molecule has 0 aliphatic carbocycles. The van der Waals surface area contributed by atoms with Gasteiger partial charge in [0.25, 0.3) is 10.0 Å². The predicted octanol–water partition coefficient (Wildman–Crippen LogP) is 3.07. The van der Waals surface area contributed by atoms with Crippen molar-refractivity contribution in [2.24, 2.45) is 0 Å². The maximum Gasteiger partial charge on any atom is 0.252 e. The maximum absolute atomic E-state index is 12.8. The molecule has 0 saturated carbocycles. The molecule has 0 radical (unpaired) electrons. The molecular formula is C14H21BrN2O2S2. The highest BCUT2D eigenvalue weighted by Gasteiger charge is 2.34. The van der Waals surface area contributed by atoms with Crippen molar-refractivity contribution in [2.45, 2.75) is 42.9 Å². The molecule has 7 heteroatoms. The van der Waals surface area contributed by atoms with Gasteiger partial charge in [-0.1, -0.05) is 0 Å². The Morgan fingerprint density at radius 2 is 1.95 bits per heavy atom. The van der Waals surface area contributed by atoms with Crippen molar-refractivity contribution in [3.05, 3.63) is 15.4 Å². The Kier molecular flexibility index (Phi) is 4.76. The Hall–Kier alpha value is 0.0500. The minimum absolute atomic E-state index is 0.403. The van der Waals surface area contributed by atoms with E-state index in [-0.39, 0.29) is 0 Å². The molecule has 0 bridgehead atoms. The zero-order chi connectivity index (χ0) is 15.0. The molecule has 0 aromatic carbocycles. The molecule has 3 heterocycles. The summed E-state index contributed by atoms with van der Waals surface area (Å²) in [6.07, 6.45) is 4.59. The number of piperidine rings is 1. The summed E-state index contributed by atoms with van der Waals surface area (Å²) in [6, 6.07) is 2.18. The highest BCUT2D eigenvalue weighted by atomic mass is 79.9. The highest BCUT2D eigenvalue weighted by Crippen LogP contribution is 2.33. The molecule has 2 saturated heterocycles. The van der Waals surface area contributed by atoms with Gasteiger partial charge in [-0.05, 0) is 73.3 Å². The molecule has 118 valence electrons. The van der Waals surface area contributed by atoms with E-state index in [1.807, 2.05) is 6.92 Å². The monoisotopic (exact) mass is 392 g/mol. The van der Waals surface area contributed by atoms with E-state index in [1.54, 1.807) is 10.4 Å². The molecule has 1 aromatic heterocycles. The first-order chi connectivity index (χ1) is 9.98. The maximum atomic E-state index is 12.8. The molecule has 3 rings (SSSR count). The quantitative estimate of drug-likeness (QED) is 0.793. The van der Waals surface area contributed by atoms with Gasteiger partial charge in [0.2, 0.25) is 0 Å². The molecule has 0 spiro atoms. The van der Waals surface area contributed by atoms with E-state index in [0.29, 0.717) is 23.3 Å². The van der Waals surface area contributed by atoms with Crippen LogP contribution in [0.2, 0.25) is 0 Å². The fraction of sp³-hybridized carbons (Fsp3) is 0.714. The van der Waals surface area contributed by atoms with Crippen LogP contribution >= 0.6 is 27.3 Å². The van der Waals surface area contributed by atoms with Gasteiger partial charge in [0.05, 0.1) is 3.79 Å². The molecule has 2 aliphatic heterocycles. The van der Waals surface area contributed by atoms with Crippen LogP contribution in [0.15, 0.2) is 14.1 Å². The van der Waals surface area contributed by atoms with Crippen LogP contribution < -0.4 is 0 Å². The fourth-order valence-electron chi connectivity index (χ4n) is 3.23. The number of hydrogen-bond donors (Lipinski definition) is 0. The van der Waals surface area contributed by atoms with Crippen molar-refractivity contribution in [3.8, 4) is 0 Å². The van der Waals surface area contributed by atoms with E-state index in [1.165, 1.54) is 24.2 Å². The third-order valence-electron chi connectivity index (χ3n) is 4.45. The summed E-state index contributed by atoms with van der Waals surface area (Å²) in [5.74, 6) is 0. The molecule has 2 fully saturated rings. The topological polar surface area (TPSA) is 40.6 Å². The van der Waals surface area contributed by atoms with E-state index in [2.05, 4.69) is 20.8 Å². The third-order valence-corrected chi connectivity index (χ3v) is 8.90. The number of sulfonamides is 1. The van der Waals surface area contributed by atoms with Gasteiger partial charge in [0.1, 0.15) is 4.21 Å². The van der Waals surface area contributed by atoms with Crippen LogP contribution in [0.4, 0.5) is 0 Å². The lowest BCUT2D eigenvalue weighted by atomic mass is 10.1. The Morgan fingerprint density at radius 1 is 1.24 bits per heavy atom. The lowest BCUT2D eigenvalue weighted by Gasteiger charge is -2.36. The van der Waals surface area contributed by atoms with Crippen LogP contribution in [0, 0.1) is 6.92 Å². The second kappa shape index (κ2) is 6.28. The number of thiophene rings is 1. The minimum Gasteiger partial charge on any atom is -0.299 e. The van der Waals surface area contributed by atoms with Crippen LogP contribution in [0.3, 0.4) is 0 Å². The largest absolute Gasteiger partial charge is 0.299 e. The summed E-state index contributed by atoms with van der Waals surface area (Å²) in [5, 5.41) is 0. The SMILES string of the molecule is Cc1cc(S(=O)(=O)N2CCCC(N3CCCC3)C2)sc1Br. The minimum atomic E-state index is -3.33. The van der Waals surface area contributed by atoms with E-state index in [9.17, 15) is 8.42 Å². The first-order valence-electron chi connectivity index (χ1n) is 7.48. The van der Waals surface area contributed by atoms with E-state index >= 15 is 0 Å². The summed E-state index contributed by atoms with van der Waals surface area (Å²) < 4.78 is 28.7. The van der Waals surface area contributed by atoms with Gasteiger partial charge in [-0.2, -0.15) is 4.31 Å². The van der Waals surface area contributed by atoms with Gasteiger partial charge in [0, 0.05) is 19.1 Å². The van der Waals surface area contributed by atoms with Gasteiger partial charge in [-0.25, -0.2) is 8.42 Å². The second-order valence-electron chi connectivity index (χ2n) is 5.92. The molecule has 0 amide bonds. The smallest absolute Gasteiger partial charge is 0.252 e. The van der Waals surface area contributed by atoms with Crippen molar-refractivity contribution in [1.29, 1.82) is 0 Å². The summed E-state index contributed by atoms with van der Waals surface area (Å²) >= 11 is 4.75. The summed E-state index contributed by atoms with van der Waals surface area (Å²) in [6.45, 7) is 5.49. The lowest BCUT2D eigenvalue weighted by molar-refractivity contribution is 0.162. The van der Waals surface area contributed by atoms with Crippen molar-refractivity contribution in [1.82, 2.24) is 9.21 Å². The van der Waals surface area contributed by atoms with Gasteiger partial charge in [-0.15, -0.1) is 11.3 Å². The van der Waals surface area contributed by atoms with Crippen molar-refractivity contribution >= 4 is 37.3 Å².